The minimum Gasteiger partial charge on any atom is -0.479 e. The lowest BCUT2D eigenvalue weighted by Gasteiger charge is -2.02. The number of rotatable bonds is 5. The summed E-state index contributed by atoms with van der Waals surface area (Å²) < 4.78 is 0. The molecule has 0 radical (unpaired) electrons. The van der Waals surface area contributed by atoms with Crippen LogP contribution in [0, 0.1) is 0 Å². The SMILES string of the molecule is C/C(=N\OCC(=O)O)c1ccc(CO)cc1. The molecule has 0 saturated carbocycles. The van der Waals surface area contributed by atoms with Crippen LogP contribution in [0.15, 0.2) is 29.4 Å². The number of benzene rings is 1. The molecule has 0 aliphatic carbocycles. The Labute approximate surface area is 93.0 Å². The van der Waals surface area contributed by atoms with Crippen molar-refractivity contribution in [1.29, 1.82) is 0 Å². The van der Waals surface area contributed by atoms with Crippen molar-refractivity contribution >= 4 is 11.7 Å². The van der Waals surface area contributed by atoms with Gasteiger partial charge in [0, 0.05) is 0 Å². The average molecular weight is 223 g/mol. The number of carboxylic acids is 1. The third-order valence-corrected chi connectivity index (χ3v) is 1.94. The van der Waals surface area contributed by atoms with Gasteiger partial charge in [-0.1, -0.05) is 29.4 Å². The van der Waals surface area contributed by atoms with Crippen molar-refractivity contribution < 1.29 is 19.8 Å². The number of carbonyl (C=O) groups is 1. The van der Waals surface area contributed by atoms with Gasteiger partial charge in [0.1, 0.15) is 0 Å². The number of nitrogens with zero attached hydrogens (tertiary/aromatic N) is 1. The molecule has 0 amide bonds. The molecule has 0 fully saturated rings. The molecule has 1 rings (SSSR count). The topological polar surface area (TPSA) is 79.1 Å². The molecule has 0 aromatic heterocycles. The van der Waals surface area contributed by atoms with E-state index in [2.05, 4.69) is 9.99 Å². The van der Waals surface area contributed by atoms with Gasteiger partial charge in [0.15, 0.2) is 0 Å². The monoisotopic (exact) mass is 223 g/mol. The third kappa shape index (κ3) is 3.70. The van der Waals surface area contributed by atoms with Gasteiger partial charge in [0.25, 0.3) is 0 Å². The van der Waals surface area contributed by atoms with Crippen LogP contribution in [-0.4, -0.2) is 28.5 Å². The Morgan fingerprint density at radius 1 is 1.38 bits per heavy atom. The molecule has 5 nitrogen and oxygen atoms in total. The van der Waals surface area contributed by atoms with Gasteiger partial charge in [-0.3, -0.25) is 0 Å². The number of aliphatic hydroxyl groups excluding tert-OH is 1. The van der Waals surface area contributed by atoms with Crippen molar-refractivity contribution in [1.82, 2.24) is 0 Å². The highest BCUT2D eigenvalue weighted by molar-refractivity contribution is 5.98. The van der Waals surface area contributed by atoms with E-state index >= 15 is 0 Å². The molecule has 0 heterocycles. The van der Waals surface area contributed by atoms with Gasteiger partial charge in [-0.15, -0.1) is 0 Å². The molecule has 1 aromatic carbocycles. The van der Waals surface area contributed by atoms with Crippen molar-refractivity contribution in [2.75, 3.05) is 6.61 Å². The van der Waals surface area contributed by atoms with Gasteiger partial charge in [-0.2, -0.15) is 0 Å². The van der Waals surface area contributed by atoms with Gasteiger partial charge >= 0.3 is 5.97 Å². The Kier molecular flexibility index (Phi) is 4.47. The summed E-state index contributed by atoms with van der Waals surface area (Å²) in [5, 5.41) is 20.9. The van der Waals surface area contributed by atoms with E-state index in [9.17, 15) is 4.79 Å². The third-order valence-electron chi connectivity index (χ3n) is 1.94. The fourth-order valence-corrected chi connectivity index (χ4v) is 1.09. The van der Waals surface area contributed by atoms with E-state index in [0.717, 1.165) is 11.1 Å². The van der Waals surface area contributed by atoms with Crippen LogP contribution in [0.5, 0.6) is 0 Å². The number of hydrogen-bond donors (Lipinski definition) is 2. The zero-order valence-corrected chi connectivity index (χ0v) is 8.88. The molecular weight excluding hydrogens is 210 g/mol. The molecule has 5 heteroatoms. The summed E-state index contributed by atoms with van der Waals surface area (Å²) in [4.78, 5) is 14.8. The van der Waals surface area contributed by atoms with E-state index in [1.165, 1.54) is 0 Å². The first-order valence-corrected chi connectivity index (χ1v) is 4.72. The maximum Gasteiger partial charge on any atom is 0.344 e. The van der Waals surface area contributed by atoms with Gasteiger partial charge in [0.05, 0.1) is 12.3 Å². The predicted octanol–water partition coefficient (Wildman–Crippen LogP) is 1.00. The summed E-state index contributed by atoms with van der Waals surface area (Å²) in [7, 11) is 0. The molecule has 0 unspecified atom stereocenters. The van der Waals surface area contributed by atoms with E-state index < -0.39 is 12.6 Å². The second kappa shape index (κ2) is 5.87. The summed E-state index contributed by atoms with van der Waals surface area (Å²) in [6, 6.07) is 7.11. The molecule has 0 spiro atoms. The van der Waals surface area contributed by atoms with Crippen LogP contribution in [0.4, 0.5) is 0 Å². The zero-order valence-electron chi connectivity index (χ0n) is 8.88. The molecule has 0 atom stereocenters. The first-order chi connectivity index (χ1) is 7.63. The van der Waals surface area contributed by atoms with Crippen LogP contribution < -0.4 is 0 Å². The lowest BCUT2D eigenvalue weighted by atomic mass is 10.1. The molecule has 0 aliphatic heterocycles. The largest absolute Gasteiger partial charge is 0.479 e. The summed E-state index contributed by atoms with van der Waals surface area (Å²) >= 11 is 0. The van der Waals surface area contributed by atoms with E-state index in [-0.39, 0.29) is 6.61 Å². The molecule has 0 aliphatic rings. The Balaban J connectivity index is 2.64. The number of carboxylic acid groups (broad SMARTS) is 1. The predicted molar refractivity (Wildman–Crippen MR) is 58.2 cm³/mol. The summed E-state index contributed by atoms with van der Waals surface area (Å²) in [6.45, 7) is 1.26. The summed E-state index contributed by atoms with van der Waals surface area (Å²) in [5.41, 5.74) is 2.22. The second-order valence-electron chi connectivity index (χ2n) is 3.20. The quantitative estimate of drug-likeness (QED) is 0.576. The van der Waals surface area contributed by atoms with Gasteiger partial charge in [-0.05, 0) is 18.1 Å². The van der Waals surface area contributed by atoms with Crippen LogP contribution in [0.25, 0.3) is 0 Å². The highest BCUT2D eigenvalue weighted by Crippen LogP contribution is 2.05. The van der Waals surface area contributed by atoms with E-state index in [4.69, 9.17) is 10.2 Å². The van der Waals surface area contributed by atoms with Crippen LogP contribution in [0.1, 0.15) is 18.1 Å². The van der Waals surface area contributed by atoms with Crippen LogP contribution in [0.3, 0.4) is 0 Å². The first-order valence-electron chi connectivity index (χ1n) is 4.72. The van der Waals surface area contributed by atoms with Crippen LogP contribution in [0.2, 0.25) is 0 Å². The molecule has 0 saturated heterocycles. The van der Waals surface area contributed by atoms with Crippen LogP contribution >= 0.6 is 0 Å². The molecule has 1 aromatic rings. The highest BCUT2D eigenvalue weighted by Gasteiger charge is 1.99. The lowest BCUT2D eigenvalue weighted by Crippen LogP contribution is -2.05. The van der Waals surface area contributed by atoms with Gasteiger partial charge in [0.2, 0.25) is 6.61 Å². The standard InChI is InChI=1S/C11H13NO4/c1-8(12-16-7-11(14)15)10-4-2-9(6-13)3-5-10/h2-5,13H,6-7H2,1H3,(H,14,15)/b12-8+. The van der Waals surface area contributed by atoms with Crippen molar-refractivity contribution in [3.8, 4) is 0 Å². The fraction of sp³-hybridized carbons (Fsp3) is 0.273. The maximum atomic E-state index is 10.2. The average Bonchev–Trinajstić information content (AvgIpc) is 2.28. The zero-order chi connectivity index (χ0) is 12.0. The highest BCUT2D eigenvalue weighted by atomic mass is 16.6. The summed E-state index contributed by atoms with van der Waals surface area (Å²) in [6.07, 6.45) is 0. The van der Waals surface area contributed by atoms with Crippen molar-refractivity contribution in [3.05, 3.63) is 35.4 Å². The van der Waals surface area contributed by atoms with E-state index in [1.807, 2.05) is 0 Å². The molecule has 2 N–H and O–H groups in total. The molecule has 0 bridgehead atoms. The fourth-order valence-electron chi connectivity index (χ4n) is 1.09. The number of aliphatic carboxylic acids is 1. The molecule has 86 valence electrons. The van der Waals surface area contributed by atoms with E-state index in [1.54, 1.807) is 31.2 Å². The molecule has 16 heavy (non-hydrogen) atoms. The Morgan fingerprint density at radius 3 is 2.50 bits per heavy atom. The smallest absolute Gasteiger partial charge is 0.344 e. The Morgan fingerprint density at radius 2 is 2.00 bits per heavy atom. The number of aliphatic hydroxyl groups is 1. The van der Waals surface area contributed by atoms with Crippen LogP contribution in [-0.2, 0) is 16.2 Å². The Bertz CT molecular complexity index is 383. The normalized spacial score (nSPS) is 11.2. The van der Waals surface area contributed by atoms with Crippen molar-refractivity contribution in [3.63, 3.8) is 0 Å². The second-order valence-corrected chi connectivity index (χ2v) is 3.20. The lowest BCUT2D eigenvalue weighted by molar-refractivity contribution is -0.142. The minimum atomic E-state index is -1.06. The van der Waals surface area contributed by atoms with Crippen molar-refractivity contribution in [2.45, 2.75) is 13.5 Å². The minimum absolute atomic E-state index is 0.00795. The first kappa shape index (κ1) is 12.2. The summed E-state index contributed by atoms with van der Waals surface area (Å²) in [5.74, 6) is -1.06. The molecular formula is C11H13NO4. The number of hydrogen-bond acceptors (Lipinski definition) is 4. The maximum absolute atomic E-state index is 10.2. The number of oxime groups is 1. The van der Waals surface area contributed by atoms with Crippen molar-refractivity contribution in [2.24, 2.45) is 5.16 Å². The Hall–Kier alpha value is -1.88. The van der Waals surface area contributed by atoms with Gasteiger partial charge < -0.3 is 15.1 Å². The van der Waals surface area contributed by atoms with Gasteiger partial charge in [-0.25, -0.2) is 4.79 Å². The van der Waals surface area contributed by atoms with E-state index in [0.29, 0.717) is 5.71 Å².